The van der Waals surface area contributed by atoms with Gasteiger partial charge in [0.25, 0.3) is 0 Å². The zero-order valence-electron chi connectivity index (χ0n) is 9.85. The van der Waals surface area contributed by atoms with Gasteiger partial charge >= 0.3 is 0 Å². The molecule has 94 valence electrons. The van der Waals surface area contributed by atoms with Gasteiger partial charge in [-0.1, -0.05) is 0 Å². The summed E-state index contributed by atoms with van der Waals surface area (Å²) in [6.45, 7) is 6.63. The number of nitrogens with two attached hydrogens (primary N) is 1. The van der Waals surface area contributed by atoms with Crippen molar-refractivity contribution in [2.45, 2.75) is 18.5 Å². The normalized spacial score (nSPS) is 30.8. The van der Waals surface area contributed by atoms with Crippen molar-refractivity contribution in [1.29, 1.82) is 0 Å². The highest BCUT2D eigenvalue weighted by atomic mass is 16.5. The van der Waals surface area contributed by atoms with E-state index in [1.165, 1.54) is 6.42 Å². The van der Waals surface area contributed by atoms with Crippen molar-refractivity contribution in [2.75, 3.05) is 52.5 Å². The number of aliphatic hydroxyl groups is 1. The van der Waals surface area contributed by atoms with Crippen LogP contribution in [0.3, 0.4) is 0 Å². The first-order valence-corrected chi connectivity index (χ1v) is 6.22. The highest BCUT2D eigenvalue weighted by molar-refractivity contribution is 4.87. The fourth-order valence-electron chi connectivity index (χ4n) is 2.68. The number of rotatable bonds is 4. The SMILES string of the molecule is NCC(CO)N1CCC(N2CCOCC2)C1. The van der Waals surface area contributed by atoms with Crippen LogP contribution < -0.4 is 5.73 Å². The summed E-state index contributed by atoms with van der Waals surface area (Å²) in [6, 6.07) is 0.774. The van der Waals surface area contributed by atoms with Crippen molar-refractivity contribution in [3.63, 3.8) is 0 Å². The second-order valence-corrected chi connectivity index (χ2v) is 4.66. The quantitative estimate of drug-likeness (QED) is 0.628. The lowest BCUT2D eigenvalue weighted by Crippen LogP contribution is -2.47. The smallest absolute Gasteiger partial charge is 0.0599 e. The molecule has 2 unspecified atom stereocenters. The molecule has 3 N–H and O–H groups in total. The summed E-state index contributed by atoms with van der Waals surface area (Å²) < 4.78 is 5.36. The molecule has 2 aliphatic rings. The van der Waals surface area contributed by atoms with Gasteiger partial charge in [-0.15, -0.1) is 0 Å². The van der Waals surface area contributed by atoms with Gasteiger partial charge in [-0.3, -0.25) is 9.80 Å². The van der Waals surface area contributed by atoms with Gasteiger partial charge in [0.15, 0.2) is 0 Å². The number of morpholine rings is 1. The minimum absolute atomic E-state index is 0.144. The number of hydrogen-bond donors (Lipinski definition) is 2. The van der Waals surface area contributed by atoms with E-state index < -0.39 is 0 Å². The van der Waals surface area contributed by atoms with Crippen LogP contribution in [0.25, 0.3) is 0 Å². The molecule has 0 spiro atoms. The summed E-state index contributed by atoms with van der Waals surface area (Å²) in [5.74, 6) is 0. The van der Waals surface area contributed by atoms with E-state index in [0.29, 0.717) is 12.6 Å². The van der Waals surface area contributed by atoms with Gasteiger partial charge < -0.3 is 15.6 Å². The third-order valence-corrected chi connectivity index (χ3v) is 3.76. The summed E-state index contributed by atoms with van der Waals surface area (Å²) in [4.78, 5) is 4.83. The lowest BCUT2D eigenvalue weighted by Gasteiger charge is -2.33. The third kappa shape index (κ3) is 2.73. The van der Waals surface area contributed by atoms with Crippen LogP contribution in [0.4, 0.5) is 0 Å². The lowest BCUT2D eigenvalue weighted by molar-refractivity contribution is 0.0169. The molecule has 0 aromatic rings. The molecule has 2 heterocycles. The van der Waals surface area contributed by atoms with Gasteiger partial charge in [0.05, 0.1) is 19.8 Å². The van der Waals surface area contributed by atoms with Crippen molar-refractivity contribution < 1.29 is 9.84 Å². The van der Waals surface area contributed by atoms with Crippen LogP contribution in [0.2, 0.25) is 0 Å². The topological polar surface area (TPSA) is 62.0 Å². The Bertz CT molecular complexity index is 205. The van der Waals surface area contributed by atoms with E-state index in [4.69, 9.17) is 10.5 Å². The molecule has 0 bridgehead atoms. The number of aliphatic hydroxyl groups excluding tert-OH is 1. The summed E-state index contributed by atoms with van der Waals surface area (Å²) in [5, 5.41) is 9.23. The number of hydrogen-bond acceptors (Lipinski definition) is 5. The first kappa shape index (κ1) is 12.3. The third-order valence-electron chi connectivity index (χ3n) is 3.76. The van der Waals surface area contributed by atoms with Gasteiger partial charge in [0.1, 0.15) is 0 Å². The molecule has 0 radical (unpaired) electrons. The molecule has 2 aliphatic heterocycles. The maximum absolute atomic E-state index is 9.23. The minimum atomic E-state index is 0.144. The highest BCUT2D eigenvalue weighted by Gasteiger charge is 2.31. The van der Waals surface area contributed by atoms with E-state index in [9.17, 15) is 5.11 Å². The average molecular weight is 229 g/mol. The van der Waals surface area contributed by atoms with Crippen molar-refractivity contribution >= 4 is 0 Å². The van der Waals surface area contributed by atoms with Gasteiger partial charge in [-0.05, 0) is 6.42 Å². The Balaban J connectivity index is 1.82. The van der Waals surface area contributed by atoms with Crippen LogP contribution in [0, 0.1) is 0 Å². The fourth-order valence-corrected chi connectivity index (χ4v) is 2.68. The Kier molecular flexibility index (Phi) is 4.55. The molecule has 2 rings (SSSR count). The van der Waals surface area contributed by atoms with Crippen LogP contribution in [0.5, 0.6) is 0 Å². The Hall–Kier alpha value is -0.200. The Labute approximate surface area is 97.1 Å². The molecule has 0 aromatic carbocycles. The molecule has 2 saturated heterocycles. The monoisotopic (exact) mass is 229 g/mol. The Morgan fingerprint density at radius 3 is 2.69 bits per heavy atom. The minimum Gasteiger partial charge on any atom is -0.395 e. The molecule has 0 amide bonds. The maximum Gasteiger partial charge on any atom is 0.0599 e. The predicted octanol–water partition coefficient (Wildman–Crippen LogP) is -1.29. The fraction of sp³-hybridized carbons (Fsp3) is 1.00. The zero-order valence-corrected chi connectivity index (χ0v) is 9.85. The van der Waals surface area contributed by atoms with Gasteiger partial charge in [0.2, 0.25) is 0 Å². The molecular weight excluding hydrogens is 206 g/mol. The molecule has 2 fully saturated rings. The molecule has 0 aromatic heterocycles. The summed E-state index contributed by atoms with van der Waals surface area (Å²) in [7, 11) is 0. The molecular formula is C11H23N3O2. The lowest BCUT2D eigenvalue weighted by atomic mass is 10.2. The van der Waals surface area contributed by atoms with Crippen LogP contribution in [-0.2, 0) is 4.74 Å². The van der Waals surface area contributed by atoms with Crippen molar-refractivity contribution in [2.24, 2.45) is 5.73 Å². The largest absolute Gasteiger partial charge is 0.395 e. The first-order valence-electron chi connectivity index (χ1n) is 6.22. The maximum atomic E-state index is 9.23. The van der Waals surface area contributed by atoms with Crippen LogP contribution in [-0.4, -0.2) is 79.5 Å². The molecule has 16 heavy (non-hydrogen) atoms. The number of nitrogens with zero attached hydrogens (tertiary/aromatic N) is 2. The summed E-state index contributed by atoms with van der Waals surface area (Å²) in [5.41, 5.74) is 5.65. The Morgan fingerprint density at radius 1 is 1.31 bits per heavy atom. The van der Waals surface area contributed by atoms with E-state index >= 15 is 0 Å². The number of likely N-dealkylation sites (tertiary alicyclic amines) is 1. The van der Waals surface area contributed by atoms with E-state index in [0.717, 1.165) is 39.4 Å². The highest BCUT2D eigenvalue weighted by Crippen LogP contribution is 2.18. The van der Waals surface area contributed by atoms with E-state index in [-0.39, 0.29) is 12.6 Å². The molecule has 0 saturated carbocycles. The second-order valence-electron chi connectivity index (χ2n) is 4.66. The molecule has 2 atom stereocenters. The van der Waals surface area contributed by atoms with Gasteiger partial charge in [-0.2, -0.15) is 0 Å². The van der Waals surface area contributed by atoms with Crippen LogP contribution in [0.1, 0.15) is 6.42 Å². The second kappa shape index (κ2) is 5.93. The van der Waals surface area contributed by atoms with Crippen molar-refractivity contribution in [3.8, 4) is 0 Å². The van der Waals surface area contributed by atoms with Crippen molar-refractivity contribution in [3.05, 3.63) is 0 Å². The summed E-state index contributed by atoms with van der Waals surface area (Å²) in [6.07, 6.45) is 1.19. The Morgan fingerprint density at radius 2 is 2.06 bits per heavy atom. The van der Waals surface area contributed by atoms with Gasteiger partial charge in [0, 0.05) is 44.8 Å². The standard InChI is InChI=1S/C11H23N3O2/c12-7-11(9-15)14-2-1-10(8-14)13-3-5-16-6-4-13/h10-11,15H,1-9,12H2. The molecule has 5 nitrogen and oxygen atoms in total. The summed E-state index contributed by atoms with van der Waals surface area (Å²) >= 11 is 0. The molecule has 0 aliphatic carbocycles. The van der Waals surface area contributed by atoms with E-state index in [2.05, 4.69) is 9.80 Å². The average Bonchev–Trinajstić information content (AvgIpc) is 2.81. The number of ether oxygens (including phenoxy) is 1. The van der Waals surface area contributed by atoms with Gasteiger partial charge in [-0.25, -0.2) is 0 Å². The van der Waals surface area contributed by atoms with E-state index in [1.54, 1.807) is 0 Å². The molecule has 5 heteroatoms. The zero-order chi connectivity index (χ0) is 11.4. The van der Waals surface area contributed by atoms with Crippen LogP contribution in [0.15, 0.2) is 0 Å². The first-order chi connectivity index (χ1) is 7.85. The predicted molar refractivity (Wildman–Crippen MR) is 62.3 cm³/mol. The van der Waals surface area contributed by atoms with Crippen LogP contribution >= 0.6 is 0 Å². The van der Waals surface area contributed by atoms with E-state index in [1.807, 2.05) is 0 Å². The van der Waals surface area contributed by atoms with Crippen molar-refractivity contribution in [1.82, 2.24) is 9.80 Å².